The van der Waals surface area contributed by atoms with Gasteiger partial charge in [-0.3, -0.25) is 0 Å². The molecule has 1 aliphatic heterocycles. The van der Waals surface area contributed by atoms with Crippen LogP contribution in [0.25, 0.3) is 0 Å². The SMILES string of the molecule is COC(=O)c1ccc2c(c1OC)OCO2. The molecular formula is C10H10O5. The highest BCUT2D eigenvalue weighted by Gasteiger charge is 2.25. The summed E-state index contributed by atoms with van der Waals surface area (Å²) in [6.45, 7) is 0.135. The van der Waals surface area contributed by atoms with Crippen molar-refractivity contribution < 1.29 is 23.7 Å². The smallest absolute Gasteiger partial charge is 0.341 e. The van der Waals surface area contributed by atoms with E-state index in [1.165, 1.54) is 14.2 Å². The maximum atomic E-state index is 11.4. The van der Waals surface area contributed by atoms with Gasteiger partial charge in [0, 0.05) is 0 Å². The summed E-state index contributed by atoms with van der Waals surface area (Å²) in [6, 6.07) is 3.23. The molecule has 0 unspecified atom stereocenters. The van der Waals surface area contributed by atoms with E-state index in [9.17, 15) is 4.79 Å². The number of hydrogen-bond acceptors (Lipinski definition) is 5. The van der Waals surface area contributed by atoms with Gasteiger partial charge in [0.2, 0.25) is 12.5 Å². The Labute approximate surface area is 86.5 Å². The Hall–Kier alpha value is -1.91. The predicted octanol–water partition coefficient (Wildman–Crippen LogP) is 1.21. The zero-order valence-corrected chi connectivity index (χ0v) is 8.40. The van der Waals surface area contributed by atoms with Crippen LogP contribution in [0, 0.1) is 0 Å². The minimum Gasteiger partial charge on any atom is -0.492 e. The van der Waals surface area contributed by atoms with Crippen molar-refractivity contribution in [2.75, 3.05) is 21.0 Å². The molecule has 0 atom stereocenters. The second-order valence-corrected chi connectivity index (χ2v) is 2.87. The lowest BCUT2D eigenvalue weighted by atomic mass is 10.1. The van der Waals surface area contributed by atoms with Gasteiger partial charge in [-0.05, 0) is 12.1 Å². The van der Waals surface area contributed by atoms with Crippen molar-refractivity contribution in [3.8, 4) is 17.2 Å². The van der Waals surface area contributed by atoms with Crippen LogP contribution in [0.4, 0.5) is 0 Å². The van der Waals surface area contributed by atoms with E-state index in [4.69, 9.17) is 14.2 Å². The third-order valence-electron chi connectivity index (χ3n) is 2.10. The van der Waals surface area contributed by atoms with Crippen LogP contribution in [0.1, 0.15) is 10.4 Å². The van der Waals surface area contributed by atoms with Gasteiger partial charge in [0.25, 0.3) is 0 Å². The van der Waals surface area contributed by atoms with E-state index in [0.29, 0.717) is 22.8 Å². The number of carbonyl (C=O) groups is 1. The fraction of sp³-hybridized carbons (Fsp3) is 0.300. The van der Waals surface area contributed by atoms with Gasteiger partial charge in [-0.2, -0.15) is 0 Å². The topological polar surface area (TPSA) is 54.0 Å². The molecule has 1 heterocycles. The van der Waals surface area contributed by atoms with Crippen LogP contribution >= 0.6 is 0 Å². The predicted molar refractivity (Wildman–Crippen MR) is 50.5 cm³/mol. The molecular weight excluding hydrogens is 200 g/mol. The molecule has 0 fully saturated rings. The van der Waals surface area contributed by atoms with Gasteiger partial charge in [0.1, 0.15) is 5.56 Å². The molecule has 1 aliphatic rings. The fourth-order valence-corrected chi connectivity index (χ4v) is 1.42. The largest absolute Gasteiger partial charge is 0.492 e. The van der Waals surface area contributed by atoms with E-state index in [1.807, 2.05) is 0 Å². The molecule has 0 bridgehead atoms. The second-order valence-electron chi connectivity index (χ2n) is 2.87. The molecule has 0 amide bonds. The van der Waals surface area contributed by atoms with Crippen molar-refractivity contribution in [3.05, 3.63) is 17.7 Å². The van der Waals surface area contributed by atoms with Gasteiger partial charge in [-0.25, -0.2) is 4.79 Å². The zero-order valence-electron chi connectivity index (χ0n) is 8.40. The zero-order chi connectivity index (χ0) is 10.8. The van der Waals surface area contributed by atoms with Crippen LogP contribution in [0.3, 0.4) is 0 Å². The van der Waals surface area contributed by atoms with E-state index < -0.39 is 5.97 Å². The number of rotatable bonds is 2. The first-order chi connectivity index (χ1) is 7.27. The lowest BCUT2D eigenvalue weighted by Gasteiger charge is -2.08. The minimum absolute atomic E-state index is 0.135. The highest BCUT2D eigenvalue weighted by Crippen LogP contribution is 2.43. The lowest BCUT2D eigenvalue weighted by molar-refractivity contribution is 0.0596. The first-order valence-corrected chi connectivity index (χ1v) is 4.33. The van der Waals surface area contributed by atoms with Gasteiger partial charge in [0.05, 0.1) is 14.2 Å². The number of esters is 1. The third kappa shape index (κ3) is 1.45. The monoisotopic (exact) mass is 210 g/mol. The van der Waals surface area contributed by atoms with Gasteiger partial charge < -0.3 is 18.9 Å². The molecule has 2 rings (SSSR count). The summed E-state index contributed by atoms with van der Waals surface area (Å²) >= 11 is 0. The molecule has 0 spiro atoms. The Morgan fingerprint density at radius 3 is 2.80 bits per heavy atom. The maximum absolute atomic E-state index is 11.4. The number of benzene rings is 1. The fourth-order valence-electron chi connectivity index (χ4n) is 1.42. The highest BCUT2D eigenvalue weighted by atomic mass is 16.7. The van der Waals surface area contributed by atoms with Crippen LogP contribution in [0.2, 0.25) is 0 Å². The standard InChI is InChI=1S/C10H10O5/c1-12-8-6(10(11)13-2)3-4-7-9(8)15-5-14-7/h3-4H,5H2,1-2H3. The van der Waals surface area contributed by atoms with Crippen molar-refractivity contribution in [2.45, 2.75) is 0 Å². The van der Waals surface area contributed by atoms with Crippen LogP contribution in [0.5, 0.6) is 17.2 Å². The second kappa shape index (κ2) is 3.68. The Bertz CT molecular complexity index is 399. The van der Waals surface area contributed by atoms with Crippen molar-refractivity contribution in [2.24, 2.45) is 0 Å². The summed E-state index contributed by atoms with van der Waals surface area (Å²) in [5.41, 5.74) is 0.323. The summed E-state index contributed by atoms with van der Waals surface area (Å²) in [7, 11) is 2.77. The van der Waals surface area contributed by atoms with Gasteiger partial charge in [0.15, 0.2) is 11.5 Å². The Balaban J connectivity index is 2.52. The van der Waals surface area contributed by atoms with Crippen molar-refractivity contribution in [3.63, 3.8) is 0 Å². The average Bonchev–Trinajstić information content (AvgIpc) is 2.74. The van der Waals surface area contributed by atoms with Crippen molar-refractivity contribution in [1.82, 2.24) is 0 Å². The summed E-state index contributed by atoms with van der Waals surface area (Å²) in [5, 5.41) is 0. The summed E-state index contributed by atoms with van der Waals surface area (Å²) in [4.78, 5) is 11.4. The Morgan fingerprint density at radius 1 is 1.33 bits per heavy atom. The summed E-state index contributed by atoms with van der Waals surface area (Å²) in [6.07, 6.45) is 0. The van der Waals surface area contributed by atoms with E-state index in [-0.39, 0.29) is 6.79 Å². The average molecular weight is 210 g/mol. The van der Waals surface area contributed by atoms with Crippen LogP contribution in [-0.2, 0) is 4.74 Å². The van der Waals surface area contributed by atoms with Crippen LogP contribution in [0.15, 0.2) is 12.1 Å². The molecule has 80 valence electrons. The van der Waals surface area contributed by atoms with Crippen LogP contribution < -0.4 is 14.2 Å². The van der Waals surface area contributed by atoms with Crippen molar-refractivity contribution >= 4 is 5.97 Å². The Morgan fingerprint density at radius 2 is 2.13 bits per heavy atom. The van der Waals surface area contributed by atoms with E-state index in [2.05, 4.69) is 4.74 Å². The molecule has 0 saturated carbocycles. The summed E-state index contributed by atoms with van der Waals surface area (Å²) in [5.74, 6) is 0.891. The normalized spacial score (nSPS) is 12.4. The molecule has 0 aliphatic carbocycles. The molecule has 5 heteroatoms. The minimum atomic E-state index is -0.467. The molecule has 0 saturated heterocycles. The third-order valence-corrected chi connectivity index (χ3v) is 2.10. The van der Waals surface area contributed by atoms with Crippen molar-refractivity contribution in [1.29, 1.82) is 0 Å². The number of hydrogen-bond donors (Lipinski definition) is 0. The molecule has 1 aromatic rings. The van der Waals surface area contributed by atoms with Gasteiger partial charge in [-0.15, -0.1) is 0 Å². The van der Waals surface area contributed by atoms with Gasteiger partial charge in [-0.1, -0.05) is 0 Å². The molecule has 1 aromatic carbocycles. The van der Waals surface area contributed by atoms with E-state index in [1.54, 1.807) is 12.1 Å². The molecule has 15 heavy (non-hydrogen) atoms. The number of ether oxygens (including phenoxy) is 4. The number of fused-ring (bicyclic) bond motifs is 1. The van der Waals surface area contributed by atoms with Gasteiger partial charge >= 0.3 is 5.97 Å². The summed E-state index contributed by atoms with van der Waals surface area (Å²) < 4.78 is 20.1. The first-order valence-electron chi connectivity index (χ1n) is 4.33. The van der Waals surface area contributed by atoms with E-state index >= 15 is 0 Å². The lowest BCUT2D eigenvalue weighted by Crippen LogP contribution is -2.04. The first kappa shape index (κ1) is 9.64. The Kier molecular flexibility index (Phi) is 2.37. The molecule has 0 aromatic heterocycles. The molecule has 0 N–H and O–H groups in total. The highest BCUT2D eigenvalue weighted by molar-refractivity contribution is 5.94. The molecule has 5 nitrogen and oxygen atoms in total. The maximum Gasteiger partial charge on any atom is 0.341 e. The molecule has 0 radical (unpaired) electrons. The van der Waals surface area contributed by atoms with E-state index in [0.717, 1.165) is 0 Å². The number of methoxy groups -OCH3 is 2. The quantitative estimate of drug-likeness (QED) is 0.687. The number of carbonyl (C=O) groups excluding carboxylic acids is 1. The van der Waals surface area contributed by atoms with Crippen LogP contribution in [-0.4, -0.2) is 27.0 Å².